The van der Waals surface area contributed by atoms with Gasteiger partial charge < -0.3 is 15.2 Å². The van der Waals surface area contributed by atoms with Crippen LogP contribution in [0.15, 0.2) is 18.2 Å². The van der Waals surface area contributed by atoms with Gasteiger partial charge in [-0.3, -0.25) is 4.79 Å². The van der Waals surface area contributed by atoms with Crippen LogP contribution in [-0.4, -0.2) is 30.3 Å². The number of ether oxygens (including phenoxy) is 1. The SMILES string of the molecule is O=C(NCC1CCCCO1)c1ccc(F)cc1O. The molecule has 1 aromatic rings. The summed E-state index contributed by atoms with van der Waals surface area (Å²) in [6.07, 6.45) is 3.12. The number of rotatable bonds is 3. The third-order valence-corrected chi connectivity index (χ3v) is 2.97. The molecule has 0 aliphatic carbocycles. The van der Waals surface area contributed by atoms with Crippen LogP contribution >= 0.6 is 0 Å². The standard InChI is InChI=1S/C13H16FNO3/c14-9-4-5-11(12(16)7-9)13(17)15-8-10-3-1-2-6-18-10/h4-5,7,10,16H,1-3,6,8H2,(H,15,17). The summed E-state index contributed by atoms with van der Waals surface area (Å²) in [5, 5.41) is 12.1. The third kappa shape index (κ3) is 3.20. The van der Waals surface area contributed by atoms with E-state index in [2.05, 4.69) is 5.32 Å². The van der Waals surface area contributed by atoms with Gasteiger partial charge in [-0.2, -0.15) is 0 Å². The normalized spacial score (nSPS) is 19.5. The molecule has 0 bridgehead atoms. The van der Waals surface area contributed by atoms with Crippen molar-refractivity contribution in [2.75, 3.05) is 13.2 Å². The molecule has 5 heteroatoms. The second-order valence-corrected chi connectivity index (χ2v) is 4.36. The van der Waals surface area contributed by atoms with Gasteiger partial charge in [0, 0.05) is 19.2 Å². The predicted molar refractivity (Wildman–Crippen MR) is 64.0 cm³/mol. The van der Waals surface area contributed by atoms with E-state index in [1.165, 1.54) is 6.07 Å². The molecular weight excluding hydrogens is 237 g/mol. The van der Waals surface area contributed by atoms with Crippen molar-refractivity contribution in [3.05, 3.63) is 29.6 Å². The van der Waals surface area contributed by atoms with Crippen LogP contribution in [-0.2, 0) is 4.74 Å². The van der Waals surface area contributed by atoms with Crippen molar-refractivity contribution in [2.45, 2.75) is 25.4 Å². The molecule has 0 radical (unpaired) electrons. The molecule has 1 aromatic carbocycles. The van der Waals surface area contributed by atoms with Crippen LogP contribution in [0.1, 0.15) is 29.6 Å². The Kier molecular flexibility index (Phi) is 4.15. The average Bonchev–Trinajstić information content (AvgIpc) is 2.37. The fraction of sp³-hybridized carbons (Fsp3) is 0.462. The van der Waals surface area contributed by atoms with Crippen molar-refractivity contribution in [1.29, 1.82) is 0 Å². The number of nitrogens with one attached hydrogen (secondary N) is 1. The summed E-state index contributed by atoms with van der Waals surface area (Å²) in [6, 6.07) is 3.33. The molecule has 0 spiro atoms. The quantitative estimate of drug-likeness (QED) is 0.864. The molecule has 4 nitrogen and oxygen atoms in total. The number of carbonyl (C=O) groups excluding carboxylic acids is 1. The molecule has 2 rings (SSSR count). The summed E-state index contributed by atoms with van der Waals surface area (Å²) < 4.78 is 18.3. The Morgan fingerprint density at radius 1 is 1.50 bits per heavy atom. The number of hydrogen-bond acceptors (Lipinski definition) is 3. The highest BCUT2D eigenvalue weighted by Crippen LogP contribution is 2.18. The first kappa shape index (κ1) is 12.8. The first-order chi connectivity index (χ1) is 8.66. The lowest BCUT2D eigenvalue weighted by atomic mass is 10.1. The molecule has 18 heavy (non-hydrogen) atoms. The molecule has 1 saturated heterocycles. The molecule has 1 amide bonds. The number of aromatic hydroxyl groups is 1. The van der Waals surface area contributed by atoms with Crippen LogP contribution in [0.25, 0.3) is 0 Å². The highest BCUT2D eigenvalue weighted by atomic mass is 19.1. The van der Waals surface area contributed by atoms with Crippen LogP contribution in [0.2, 0.25) is 0 Å². The van der Waals surface area contributed by atoms with Crippen molar-refractivity contribution in [1.82, 2.24) is 5.32 Å². The largest absolute Gasteiger partial charge is 0.507 e. The number of phenolic OH excluding ortho intramolecular Hbond substituents is 1. The highest BCUT2D eigenvalue weighted by Gasteiger charge is 2.16. The van der Waals surface area contributed by atoms with Gasteiger partial charge in [-0.15, -0.1) is 0 Å². The summed E-state index contributed by atoms with van der Waals surface area (Å²) in [5.41, 5.74) is 0.0761. The van der Waals surface area contributed by atoms with Gasteiger partial charge in [-0.25, -0.2) is 4.39 Å². The first-order valence-electron chi connectivity index (χ1n) is 6.05. The van der Waals surface area contributed by atoms with E-state index >= 15 is 0 Å². The van der Waals surface area contributed by atoms with Crippen molar-refractivity contribution < 1.29 is 19.0 Å². The molecule has 0 saturated carbocycles. The molecule has 98 valence electrons. The summed E-state index contributed by atoms with van der Waals surface area (Å²) in [7, 11) is 0. The maximum Gasteiger partial charge on any atom is 0.255 e. The monoisotopic (exact) mass is 253 g/mol. The minimum absolute atomic E-state index is 0.0327. The molecule has 2 N–H and O–H groups in total. The van der Waals surface area contributed by atoms with Crippen molar-refractivity contribution in [3.63, 3.8) is 0 Å². The lowest BCUT2D eigenvalue weighted by Gasteiger charge is -2.22. The minimum atomic E-state index is -0.570. The molecule has 1 atom stereocenters. The number of phenols is 1. The summed E-state index contributed by atoms with van der Waals surface area (Å²) >= 11 is 0. The fourth-order valence-electron chi connectivity index (χ4n) is 1.97. The van der Waals surface area contributed by atoms with E-state index in [-0.39, 0.29) is 17.4 Å². The number of halogens is 1. The predicted octanol–water partition coefficient (Wildman–Crippen LogP) is 1.83. The molecule has 1 aliphatic rings. The zero-order chi connectivity index (χ0) is 13.0. The Bertz CT molecular complexity index is 430. The zero-order valence-corrected chi connectivity index (χ0v) is 9.99. The number of carbonyl (C=O) groups is 1. The summed E-state index contributed by atoms with van der Waals surface area (Å²) in [6.45, 7) is 1.14. The highest BCUT2D eigenvalue weighted by molar-refractivity contribution is 5.96. The maximum absolute atomic E-state index is 12.8. The Morgan fingerprint density at radius 3 is 3.00 bits per heavy atom. The van der Waals surface area contributed by atoms with Gasteiger partial charge in [0.2, 0.25) is 0 Å². The minimum Gasteiger partial charge on any atom is -0.507 e. The van der Waals surface area contributed by atoms with Gasteiger partial charge in [0.15, 0.2) is 0 Å². The first-order valence-corrected chi connectivity index (χ1v) is 6.05. The summed E-state index contributed by atoms with van der Waals surface area (Å²) in [5.74, 6) is -1.33. The molecule has 0 aromatic heterocycles. The topological polar surface area (TPSA) is 58.6 Å². The van der Waals surface area contributed by atoms with Gasteiger partial charge in [0.25, 0.3) is 5.91 Å². The Morgan fingerprint density at radius 2 is 2.33 bits per heavy atom. The van der Waals surface area contributed by atoms with E-state index in [4.69, 9.17) is 4.74 Å². The molecule has 1 aliphatic heterocycles. The van der Waals surface area contributed by atoms with E-state index in [1.54, 1.807) is 0 Å². The third-order valence-electron chi connectivity index (χ3n) is 2.97. The molecule has 1 heterocycles. The van der Waals surface area contributed by atoms with Crippen LogP contribution in [0.4, 0.5) is 4.39 Å². The Balaban J connectivity index is 1.90. The van der Waals surface area contributed by atoms with E-state index in [0.29, 0.717) is 6.54 Å². The van der Waals surface area contributed by atoms with Gasteiger partial charge in [-0.1, -0.05) is 0 Å². The van der Waals surface area contributed by atoms with Crippen LogP contribution in [0, 0.1) is 5.82 Å². The van der Waals surface area contributed by atoms with Crippen LogP contribution in [0.3, 0.4) is 0 Å². The Labute approximate surface area is 105 Å². The second kappa shape index (κ2) is 5.82. The van der Waals surface area contributed by atoms with Gasteiger partial charge in [0.1, 0.15) is 11.6 Å². The number of benzene rings is 1. The van der Waals surface area contributed by atoms with E-state index < -0.39 is 11.7 Å². The van der Waals surface area contributed by atoms with Gasteiger partial charge in [0.05, 0.1) is 11.7 Å². The lowest BCUT2D eigenvalue weighted by molar-refractivity contribution is 0.0169. The maximum atomic E-state index is 12.8. The van der Waals surface area contributed by atoms with Crippen LogP contribution in [0.5, 0.6) is 5.75 Å². The number of amides is 1. The van der Waals surface area contributed by atoms with Gasteiger partial charge in [-0.05, 0) is 31.4 Å². The fourth-order valence-corrected chi connectivity index (χ4v) is 1.97. The number of hydrogen-bond donors (Lipinski definition) is 2. The summed E-state index contributed by atoms with van der Waals surface area (Å²) in [4.78, 5) is 11.8. The Hall–Kier alpha value is -1.62. The zero-order valence-electron chi connectivity index (χ0n) is 9.99. The van der Waals surface area contributed by atoms with E-state index in [1.807, 2.05) is 0 Å². The second-order valence-electron chi connectivity index (χ2n) is 4.36. The lowest BCUT2D eigenvalue weighted by Crippen LogP contribution is -2.35. The van der Waals surface area contributed by atoms with Crippen molar-refractivity contribution in [3.8, 4) is 5.75 Å². The van der Waals surface area contributed by atoms with Gasteiger partial charge >= 0.3 is 0 Å². The average molecular weight is 253 g/mol. The molecular formula is C13H16FNO3. The van der Waals surface area contributed by atoms with Crippen molar-refractivity contribution in [2.24, 2.45) is 0 Å². The molecule has 1 fully saturated rings. The van der Waals surface area contributed by atoms with E-state index in [0.717, 1.165) is 38.0 Å². The van der Waals surface area contributed by atoms with Crippen LogP contribution < -0.4 is 5.32 Å². The molecule has 1 unspecified atom stereocenters. The smallest absolute Gasteiger partial charge is 0.255 e. The van der Waals surface area contributed by atoms with Crippen molar-refractivity contribution >= 4 is 5.91 Å². The van der Waals surface area contributed by atoms with E-state index in [9.17, 15) is 14.3 Å².